The average Bonchev–Trinajstić information content (AvgIpc) is 2.41. The fourth-order valence-electron chi connectivity index (χ4n) is 2.19. The molecule has 0 saturated carbocycles. The number of hydrogen-bond donors (Lipinski definition) is 1. The lowest BCUT2D eigenvalue weighted by Gasteiger charge is -2.32. The summed E-state index contributed by atoms with van der Waals surface area (Å²) in [6.45, 7) is 7.63. The summed E-state index contributed by atoms with van der Waals surface area (Å²) in [5.41, 5.74) is 1.25. The number of nitrogens with one attached hydrogen (secondary N) is 1. The van der Waals surface area contributed by atoms with Crippen molar-refractivity contribution in [2.45, 2.75) is 6.92 Å². The number of piperazine rings is 1. The number of hydrogen-bond acceptors (Lipinski definition) is 4. The fourth-order valence-corrected chi connectivity index (χ4v) is 2.48. The molecule has 2 rings (SSSR count). The van der Waals surface area contributed by atoms with Crippen LogP contribution in [0.25, 0.3) is 0 Å². The summed E-state index contributed by atoms with van der Waals surface area (Å²) in [4.78, 5) is 20.8. The quantitative estimate of drug-likeness (QED) is 0.901. The molecule has 0 aromatic carbocycles. The van der Waals surface area contributed by atoms with E-state index in [-0.39, 0.29) is 5.91 Å². The maximum absolute atomic E-state index is 12.0. The van der Waals surface area contributed by atoms with Crippen molar-refractivity contribution in [3.63, 3.8) is 0 Å². The van der Waals surface area contributed by atoms with Crippen molar-refractivity contribution in [1.29, 1.82) is 0 Å². The topological polar surface area (TPSA) is 48.5 Å². The van der Waals surface area contributed by atoms with Crippen LogP contribution < -0.4 is 5.32 Å². The van der Waals surface area contributed by atoms with Gasteiger partial charge in [0, 0.05) is 51.2 Å². The van der Waals surface area contributed by atoms with Crippen LogP contribution >= 0.6 is 11.6 Å². The molecule has 0 unspecified atom stereocenters. The molecule has 0 spiro atoms. The smallest absolute Gasteiger partial charge is 0.254 e. The molecule has 0 aliphatic carbocycles. The summed E-state index contributed by atoms with van der Waals surface area (Å²) in [6, 6.07) is 1.71. The summed E-state index contributed by atoms with van der Waals surface area (Å²) in [6.07, 6.45) is 1.53. The summed E-state index contributed by atoms with van der Waals surface area (Å²) in [5.74, 6) is -0.156. The standard InChI is InChI=1S/C14H21ClN4O/c1-11-9-13(15)12(10-17-11)14(20)16-3-4-19-7-5-18(2)6-8-19/h9-10H,3-8H2,1-2H3,(H,16,20). The number of carbonyl (C=O) groups is 1. The Labute approximate surface area is 124 Å². The molecule has 5 nitrogen and oxygen atoms in total. The minimum atomic E-state index is -0.156. The number of rotatable bonds is 4. The summed E-state index contributed by atoms with van der Waals surface area (Å²) in [5, 5.41) is 3.35. The predicted octanol–water partition coefficient (Wildman–Crippen LogP) is 1.02. The molecule has 0 atom stereocenters. The van der Waals surface area contributed by atoms with Crippen LogP contribution in [0.15, 0.2) is 12.3 Å². The van der Waals surface area contributed by atoms with Gasteiger partial charge < -0.3 is 10.2 Å². The van der Waals surface area contributed by atoms with Gasteiger partial charge >= 0.3 is 0 Å². The number of aryl methyl sites for hydroxylation is 1. The van der Waals surface area contributed by atoms with Crippen molar-refractivity contribution >= 4 is 17.5 Å². The van der Waals surface area contributed by atoms with Crippen molar-refractivity contribution in [3.8, 4) is 0 Å². The number of amides is 1. The first-order valence-corrected chi connectivity index (χ1v) is 7.25. The molecule has 0 radical (unpaired) electrons. The molecule has 20 heavy (non-hydrogen) atoms. The van der Waals surface area contributed by atoms with E-state index in [9.17, 15) is 4.79 Å². The summed E-state index contributed by atoms with van der Waals surface area (Å²) < 4.78 is 0. The molecule has 1 amide bonds. The Balaban J connectivity index is 1.77. The second kappa shape index (κ2) is 7.02. The van der Waals surface area contributed by atoms with Crippen LogP contribution in [0.4, 0.5) is 0 Å². The first kappa shape index (κ1) is 15.2. The van der Waals surface area contributed by atoms with E-state index in [4.69, 9.17) is 11.6 Å². The Morgan fingerprint density at radius 2 is 2.10 bits per heavy atom. The maximum atomic E-state index is 12.0. The zero-order valence-corrected chi connectivity index (χ0v) is 12.8. The Morgan fingerprint density at radius 1 is 1.40 bits per heavy atom. The summed E-state index contributed by atoms with van der Waals surface area (Å²) >= 11 is 6.05. The van der Waals surface area contributed by atoms with Crippen molar-refractivity contribution in [2.24, 2.45) is 0 Å². The molecule has 6 heteroatoms. The van der Waals surface area contributed by atoms with Crippen molar-refractivity contribution in [1.82, 2.24) is 20.1 Å². The van der Waals surface area contributed by atoms with Crippen LogP contribution in [0, 0.1) is 6.92 Å². The molecular formula is C14H21ClN4O. The molecule has 1 fully saturated rings. The van der Waals surface area contributed by atoms with E-state index in [1.165, 1.54) is 6.20 Å². The van der Waals surface area contributed by atoms with Gasteiger partial charge in [-0.2, -0.15) is 0 Å². The van der Waals surface area contributed by atoms with Crippen LogP contribution in [0.2, 0.25) is 5.02 Å². The number of aromatic nitrogens is 1. The van der Waals surface area contributed by atoms with E-state index in [0.717, 1.165) is 38.4 Å². The number of carbonyl (C=O) groups excluding carboxylic acids is 1. The molecule has 1 aliphatic rings. The van der Waals surface area contributed by atoms with Gasteiger partial charge in [0.2, 0.25) is 0 Å². The highest BCUT2D eigenvalue weighted by Crippen LogP contribution is 2.15. The Kier molecular flexibility index (Phi) is 5.34. The highest BCUT2D eigenvalue weighted by atomic mass is 35.5. The molecule has 1 saturated heterocycles. The van der Waals surface area contributed by atoms with Crippen LogP contribution in [-0.4, -0.2) is 67.0 Å². The van der Waals surface area contributed by atoms with Gasteiger partial charge in [-0.15, -0.1) is 0 Å². The second-order valence-corrected chi connectivity index (χ2v) is 5.61. The lowest BCUT2D eigenvalue weighted by atomic mass is 10.2. The predicted molar refractivity (Wildman–Crippen MR) is 80.3 cm³/mol. The molecule has 110 valence electrons. The molecule has 1 aromatic rings. The minimum Gasteiger partial charge on any atom is -0.351 e. The SMILES string of the molecule is Cc1cc(Cl)c(C(=O)NCCN2CCN(C)CC2)cn1. The molecular weight excluding hydrogens is 276 g/mol. The Morgan fingerprint density at radius 3 is 2.75 bits per heavy atom. The second-order valence-electron chi connectivity index (χ2n) is 5.21. The van der Waals surface area contributed by atoms with E-state index in [2.05, 4.69) is 27.1 Å². The van der Waals surface area contributed by atoms with Crippen molar-refractivity contribution in [3.05, 3.63) is 28.5 Å². The van der Waals surface area contributed by atoms with E-state index >= 15 is 0 Å². The van der Waals surface area contributed by atoms with E-state index < -0.39 is 0 Å². The summed E-state index contributed by atoms with van der Waals surface area (Å²) in [7, 11) is 2.13. The zero-order valence-electron chi connectivity index (χ0n) is 12.0. The maximum Gasteiger partial charge on any atom is 0.254 e. The first-order chi connectivity index (χ1) is 9.56. The van der Waals surface area contributed by atoms with Crippen molar-refractivity contribution in [2.75, 3.05) is 46.3 Å². The van der Waals surface area contributed by atoms with Crippen molar-refractivity contribution < 1.29 is 4.79 Å². The van der Waals surface area contributed by atoms with Gasteiger partial charge in [-0.25, -0.2) is 0 Å². The minimum absolute atomic E-state index is 0.156. The first-order valence-electron chi connectivity index (χ1n) is 6.87. The largest absolute Gasteiger partial charge is 0.351 e. The number of likely N-dealkylation sites (N-methyl/N-ethyl adjacent to an activating group) is 1. The van der Waals surface area contributed by atoms with Gasteiger partial charge in [0.05, 0.1) is 10.6 Å². The highest BCUT2D eigenvalue weighted by Gasteiger charge is 2.14. The number of nitrogens with zero attached hydrogens (tertiary/aromatic N) is 3. The molecule has 0 bridgehead atoms. The van der Waals surface area contributed by atoms with Gasteiger partial charge in [0.1, 0.15) is 0 Å². The van der Waals surface area contributed by atoms with E-state index in [1.807, 2.05) is 6.92 Å². The van der Waals surface area contributed by atoms with Gasteiger partial charge in [-0.05, 0) is 20.0 Å². The molecule has 1 aromatic heterocycles. The van der Waals surface area contributed by atoms with Crippen LogP contribution in [0.3, 0.4) is 0 Å². The Hall–Kier alpha value is -1.17. The van der Waals surface area contributed by atoms with E-state index in [1.54, 1.807) is 6.07 Å². The molecule has 1 aliphatic heterocycles. The molecule has 2 heterocycles. The van der Waals surface area contributed by atoms with Gasteiger partial charge in [-0.3, -0.25) is 14.7 Å². The van der Waals surface area contributed by atoms with Crippen LogP contribution in [0.5, 0.6) is 0 Å². The van der Waals surface area contributed by atoms with Crippen LogP contribution in [0.1, 0.15) is 16.1 Å². The van der Waals surface area contributed by atoms with Gasteiger partial charge in [-0.1, -0.05) is 11.6 Å². The number of halogens is 1. The third kappa shape index (κ3) is 4.16. The third-order valence-corrected chi connectivity index (χ3v) is 3.86. The average molecular weight is 297 g/mol. The van der Waals surface area contributed by atoms with Crippen LogP contribution in [-0.2, 0) is 0 Å². The lowest BCUT2D eigenvalue weighted by Crippen LogP contribution is -2.46. The lowest BCUT2D eigenvalue weighted by molar-refractivity contribution is 0.0941. The Bertz CT molecular complexity index is 472. The normalized spacial score (nSPS) is 17.1. The third-order valence-electron chi connectivity index (χ3n) is 3.54. The highest BCUT2D eigenvalue weighted by molar-refractivity contribution is 6.33. The van der Waals surface area contributed by atoms with E-state index in [0.29, 0.717) is 17.1 Å². The monoisotopic (exact) mass is 296 g/mol. The van der Waals surface area contributed by atoms with Gasteiger partial charge in [0.15, 0.2) is 0 Å². The number of pyridine rings is 1. The molecule has 1 N–H and O–H groups in total. The van der Waals surface area contributed by atoms with Gasteiger partial charge in [0.25, 0.3) is 5.91 Å². The zero-order chi connectivity index (χ0) is 14.5. The fraction of sp³-hybridized carbons (Fsp3) is 0.571.